The summed E-state index contributed by atoms with van der Waals surface area (Å²) < 4.78 is 28.7. The first-order valence-corrected chi connectivity index (χ1v) is 10.8. The van der Waals surface area contributed by atoms with Crippen LogP contribution >= 0.6 is 0 Å². The molecule has 1 saturated heterocycles. The minimum absolute atomic E-state index is 0.0975. The van der Waals surface area contributed by atoms with Crippen LogP contribution in [0, 0.1) is 10.1 Å². The van der Waals surface area contributed by atoms with Crippen molar-refractivity contribution in [3.63, 3.8) is 0 Å². The second-order valence-electron chi connectivity index (χ2n) is 6.60. The fourth-order valence-electron chi connectivity index (χ4n) is 3.00. The van der Waals surface area contributed by atoms with Gasteiger partial charge in [0.05, 0.1) is 9.82 Å². The number of nitro groups is 1. The van der Waals surface area contributed by atoms with Crippen molar-refractivity contribution >= 4 is 33.1 Å². The molecule has 0 bridgehead atoms. The Kier molecular flexibility index (Phi) is 6.01. The van der Waals surface area contributed by atoms with Crippen molar-refractivity contribution in [2.24, 2.45) is 0 Å². The topological polar surface area (TPSA) is 165 Å². The lowest BCUT2D eigenvalue weighted by Crippen LogP contribution is -2.46. The predicted molar refractivity (Wildman–Crippen MR) is 105 cm³/mol. The number of likely N-dealkylation sites (tertiary alicyclic amines) is 1. The normalized spacial score (nSPS) is 16.7. The van der Waals surface area contributed by atoms with E-state index in [1.807, 2.05) is 0 Å². The Labute approximate surface area is 171 Å². The van der Waals surface area contributed by atoms with E-state index < -0.39 is 32.8 Å². The van der Waals surface area contributed by atoms with E-state index in [1.165, 1.54) is 24.3 Å². The fraction of sp³-hybridized carbons (Fsp3) is 0.353. The van der Waals surface area contributed by atoms with Gasteiger partial charge in [0.15, 0.2) is 16.1 Å². The molecule has 2 aromatic rings. The summed E-state index contributed by atoms with van der Waals surface area (Å²) >= 11 is 0. The van der Waals surface area contributed by atoms with Gasteiger partial charge >= 0.3 is 17.7 Å². The number of nitrogens with one attached hydrogen (secondary N) is 1. The maximum absolute atomic E-state index is 11.7. The molecular weight excluding hydrogens is 418 g/mol. The van der Waals surface area contributed by atoms with Crippen LogP contribution in [0.1, 0.15) is 19.3 Å². The van der Waals surface area contributed by atoms with Crippen molar-refractivity contribution in [1.29, 1.82) is 0 Å². The first kappa shape index (κ1) is 21.2. The number of aromatic nitrogens is 2. The second-order valence-corrected chi connectivity index (χ2v) is 8.61. The summed E-state index contributed by atoms with van der Waals surface area (Å²) in [7, 11) is -3.38. The summed E-state index contributed by atoms with van der Waals surface area (Å²) in [6.07, 6.45) is 1.82. The number of hydrogen-bond acceptors (Lipinski definition) is 9. The molecule has 1 aliphatic rings. The molecule has 3 rings (SSSR count). The molecule has 1 unspecified atom stereocenters. The lowest BCUT2D eigenvalue weighted by molar-refractivity contribution is -0.385. The molecule has 0 radical (unpaired) electrons. The Bertz CT molecular complexity index is 1060. The van der Waals surface area contributed by atoms with Gasteiger partial charge in [-0.05, 0) is 37.1 Å². The van der Waals surface area contributed by atoms with Gasteiger partial charge < -0.3 is 15.2 Å². The van der Waals surface area contributed by atoms with Crippen molar-refractivity contribution < 1.29 is 28.0 Å². The molecule has 1 amide bonds. The second kappa shape index (κ2) is 8.49. The number of sulfone groups is 1. The number of rotatable bonds is 6. The fourth-order valence-corrected chi connectivity index (χ4v) is 3.63. The molecule has 2 N–H and O–H groups in total. The number of nitrogens with zero attached hydrogens (tertiary/aromatic N) is 4. The minimum Gasteiger partial charge on any atom is -0.465 e. The van der Waals surface area contributed by atoms with Crippen molar-refractivity contribution in [2.45, 2.75) is 30.4 Å². The van der Waals surface area contributed by atoms with Crippen LogP contribution in [-0.4, -0.2) is 58.4 Å². The molecule has 0 spiro atoms. The van der Waals surface area contributed by atoms with E-state index in [2.05, 4.69) is 15.3 Å². The van der Waals surface area contributed by atoms with Crippen molar-refractivity contribution in [1.82, 2.24) is 14.9 Å². The van der Waals surface area contributed by atoms with Crippen LogP contribution in [0.25, 0.3) is 0 Å². The largest absolute Gasteiger partial charge is 0.465 e. The monoisotopic (exact) mass is 437 g/mol. The Morgan fingerprint density at radius 2 is 2.00 bits per heavy atom. The summed E-state index contributed by atoms with van der Waals surface area (Å²) in [5.74, 6) is -0.529. The van der Waals surface area contributed by atoms with Gasteiger partial charge in [-0.25, -0.2) is 18.2 Å². The zero-order valence-corrected chi connectivity index (χ0v) is 16.7. The Balaban J connectivity index is 1.89. The third-order valence-electron chi connectivity index (χ3n) is 4.46. The summed E-state index contributed by atoms with van der Waals surface area (Å²) in [5.41, 5.74) is -0.194. The lowest BCUT2D eigenvalue weighted by Gasteiger charge is -2.32. The standard InChI is InChI=1S/C17H19N5O7S/c1-30(27,28)12-7-5-11(6-8-12)20-15-14(22(25)26)16(19-10-18-15)29-13-4-2-3-9-21(13)17(23)24/h5-8,10,13H,2-4,9H2,1H3,(H,23,24)(H,18,19,20). The first-order valence-electron chi connectivity index (χ1n) is 8.89. The van der Waals surface area contributed by atoms with E-state index in [4.69, 9.17) is 4.74 Å². The molecule has 160 valence electrons. The smallest absolute Gasteiger partial charge is 0.410 e. The van der Waals surface area contributed by atoms with E-state index in [0.717, 1.165) is 17.5 Å². The average Bonchev–Trinajstić information content (AvgIpc) is 2.68. The number of ether oxygens (including phenoxy) is 1. The molecule has 1 atom stereocenters. The number of carbonyl (C=O) groups is 1. The molecule has 1 aromatic heterocycles. The zero-order chi connectivity index (χ0) is 21.9. The molecule has 1 aromatic carbocycles. The molecular formula is C17H19N5O7S. The average molecular weight is 437 g/mol. The van der Waals surface area contributed by atoms with Crippen molar-refractivity contribution in [3.05, 3.63) is 40.7 Å². The van der Waals surface area contributed by atoms with Crippen LogP contribution in [0.3, 0.4) is 0 Å². The van der Waals surface area contributed by atoms with Crippen LogP contribution in [-0.2, 0) is 9.84 Å². The van der Waals surface area contributed by atoms with E-state index in [0.29, 0.717) is 24.9 Å². The SMILES string of the molecule is CS(=O)(=O)c1ccc(Nc2ncnc(OC3CCCCN3C(=O)O)c2[N+](=O)[O-])cc1. The van der Waals surface area contributed by atoms with E-state index in [9.17, 15) is 28.4 Å². The van der Waals surface area contributed by atoms with Crippen LogP contribution in [0.15, 0.2) is 35.5 Å². The van der Waals surface area contributed by atoms with E-state index in [-0.39, 0.29) is 23.1 Å². The third kappa shape index (κ3) is 4.74. The van der Waals surface area contributed by atoms with Crippen LogP contribution in [0.4, 0.5) is 22.0 Å². The zero-order valence-electron chi connectivity index (χ0n) is 15.9. The van der Waals surface area contributed by atoms with Crippen molar-refractivity contribution in [3.8, 4) is 5.88 Å². The van der Waals surface area contributed by atoms with Crippen molar-refractivity contribution in [2.75, 3.05) is 18.1 Å². The van der Waals surface area contributed by atoms with E-state index in [1.54, 1.807) is 0 Å². The molecule has 12 nitrogen and oxygen atoms in total. The highest BCUT2D eigenvalue weighted by Gasteiger charge is 2.32. The minimum atomic E-state index is -3.38. The highest BCUT2D eigenvalue weighted by Crippen LogP contribution is 2.34. The van der Waals surface area contributed by atoms with Gasteiger partial charge in [-0.2, -0.15) is 4.98 Å². The number of anilines is 2. The Morgan fingerprint density at radius 3 is 2.60 bits per heavy atom. The Morgan fingerprint density at radius 1 is 1.30 bits per heavy atom. The van der Waals surface area contributed by atoms with Crippen LogP contribution in [0.5, 0.6) is 5.88 Å². The van der Waals surface area contributed by atoms with E-state index >= 15 is 0 Å². The first-order chi connectivity index (χ1) is 14.2. The molecule has 1 fully saturated rings. The highest BCUT2D eigenvalue weighted by atomic mass is 32.2. The molecule has 0 saturated carbocycles. The number of benzene rings is 1. The van der Waals surface area contributed by atoms with Gasteiger partial charge in [-0.1, -0.05) is 0 Å². The molecule has 30 heavy (non-hydrogen) atoms. The van der Waals surface area contributed by atoms with Gasteiger partial charge in [0.1, 0.15) is 6.33 Å². The summed E-state index contributed by atoms with van der Waals surface area (Å²) in [6, 6.07) is 5.59. The summed E-state index contributed by atoms with van der Waals surface area (Å²) in [4.78, 5) is 31.2. The Hall–Kier alpha value is -3.48. The molecule has 13 heteroatoms. The number of carboxylic acid groups (broad SMARTS) is 1. The molecule has 2 heterocycles. The van der Waals surface area contributed by atoms with Gasteiger partial charge in [0.25, 0.3) is 0 Å². The maximum atomic E-state index is 11.7. The maximum Gasteiger partial charge on any atom is 0.410 e. The summed E-state index contributed by atoms with van der Waals surface area (Å²) in [5, 5.41) is 23.7. The van der Waals surface area contributed by atoms with Gasteiger partial charge in [0, 0.05) is 24.9 Å². The highest BCUT2D eigenvalue weighted by molar-refractivity contribution is 7.90. The predicted octanol–water partition coefficient (Wildman–Crippen LogP) is 2.40. The number of hydrogen-bond donors (Lipinski definition) is 2. The number of amides is 1. The van der Waals surface area contributed by atoms with Crippen LogP contribution < -0.4 is 10.1 Å². The summed E-state index contributed by atoms with van der Waals surface area (Å²) in [6.45, 7) is 0.261. The molecule has 1 aliphatic heterocycles. The number of piperidine rings is 1. The quantitative estimate of drug-likeness (QED) is 0.506. The third-order valence-corrected chi connectivity index (χ3v) is 5.59. The van der Waals surface area contributed by atoms with Crippen LogP contribution in [0.2, 0.25) is 0 Å². The lowest BCUT2D eigenvalue weighted by atomic mass is 10.1. The van der Waals surface area contributed by atoms with Gasteiger partial charge in [0.2, 0.25) is 5.82 Å². The molecule has 0 aliphatic carbocycles. The van der Waals surface area contributed by atoms with Gasteiger partial charge in [-0.3, -0.25) is 15.0 Å². The van der Waals surface area contributed by atoms with Gasteiger partial charge in [-0.15, -0.1) is 0 Å².